The number of benzene rings is 1. The van der Waals surface area contributed by atoms with E-state index in [0.717, 1.165) is 75.5 Å². The standard InChI is InChI=1S/C25H31N7O3/c1-16-17(2-3-20-21(16)14-35-25(20)34)8-9-31-10-12-32(13-11-31)24(33)19-4-6-22-18(19)5-7-23(29-22)27-15-28-30-26/h2-3,7,15,18-19H,4-6,8-14H2,1H3,(H2,26,27,28)/p+1. The average Bonchev–Trinajstić information content (AvgIpc) is 3.47. The van der Waals surface area contributed by atoms with Crippen LogP contribution in [0, 0.1) is 24.3 Å². The number of carbonyl (C=O) groups is 2. The summed E-state index contributed by atoms with van der Waals surface area (Å²) < 4.78 is 5.17. The number of carbonyl (C=O) groups excluding carboxylic acids is 2. The number of aliphatic imine (C=N–C) groups is 1. The van der Waals surface area contributed by atoms with E-state index < -0.39 is 0 Å². The van der Waals surface area contributed by atoms with Gasteiger partial charge in [-0.25, -0.2) is 9.79 Å². The third-order valence-corrected chi connectivity index (χ3v) is 7.83. The maximum atomic E-state index is 13.3. The molecule has 35 heavy (non-hydrogen) atoms. The van der Waals surface area contributed by atoms with Crippen LogP contribution in [0.4, 0.5) is 0 Å². The van der Waals surface area contributed by atoms with Crippen molar-refractivity contribution in [3.63, 3.8) is 0 Å². The van der Waals surface area contributed by atoms with Gasteiger partial charge in [0.1, 0.15) is 6.61 Å². The fourth-order valence-corrected chi connectivity index (χ4v) is 5.74. The highest BCUT2D eigenvalue weighted by Gasteiger charge is 2.41. The summed E-state index contributed by atoms with van der Waals surface area (Å²) in [5, 5.41) is 8.26. The van der Waals surface area contributed by atoms with E-state index in [1.54, 1.807) is 5.32 Å². The third kappa shape index (κ3) is 4.81. The molecule has 2 unspecified atom stereocenters. The first kappa shape index (κ1) is 23.5. The number of nitrogens with two attached hydrogens (primary N) is 1. The van der Waals surface area contributed by atoms with Gasteiger partial charge in [-0.05, 0) is 61.1 Å². The highest BCUT2D eigenvalue weighted by atomic mass is 16.5. The van der Waals surface area contributed by atoms with Crippen molar-refractivity contribution in [3.8, 4) is 0 Å². The number of allylic oxidation sites excluding steroid dienone is 1. The molecule has 1 aliphatic carbocycles. The van der Waals surface area contributed by atoms with E-state index in [4.69, 9.17) is 15.3 Å². The second-order valence-electron chi connectivity index (χ2n) is 9.62. The van der Waals surface area contributed by atoms with E-state index in [1.165, 1.54) is 17.5 Å². The summed E-state index contributed by atoms with van der Waals surface area (Å²) in [5.74, 6) is 1.12. The molecule has 184 valence electrons. The number of hydrogen-bond donors (Lipinski definition) is 2. The molecule has 3 aliphatic heterocycles. The number of esters is 1. The molecule has 0 radical (unpaired) electrons. The molecular weight excluding hydrogens is 446 g/mol. The van der Waals surface area contributed by atoms with Gasteiger partial charge in [0.2, 0.25) is 18.1 Å². The number of rotatable bonds is 7. The van der Waals surface area contributed by atoms with E-state index in [9.17, 15) is 9.59 Å². The third-order valence-electron chi connectivity index (χ3n) is 7.83. The fraction of sp³-hybridized carbons (Fsp3) is 0.520. The molecule has 1 amide bonds. The summed E-state index contributed by atoms with van der Waals surface area (Å²) in [6.07, 6.45) is 7.01. The Morgan fingerprint density at radius 2 is 2.14 bits per heavy atom. The Balaban J connectivity index is 1.11. The van der Waals surface area contributed by atoms with Gasteiger partial charge in [-0.15, -0.1) is 0 Å². The summed E-state index contributed by atoms with van der Waals surface area (Å²) in [4.78, 5) is 34.3. The molecule has 2 fully saturated rings. The molecule has 0 aromatic heterocycles. The minimum Gasteiger partial charge on any atom is -0.457 e. The number of hydrogen-bond acceptors (Lipinski definition) is 7. The Morgan fingerprint density at radius 1 is 1.31 bits per heavy atom. The van der Waals surface area contributed by atoms with Crippen LogP contribution in [-0.4, -0.2) is 66.5 Å². The molecule has 1 aromatic carbocycles. The van der Waals surface area contributed by atoms with Crippen molar-refractivity contribution in [2.45, 2.75) is 39.2 Å². The van der Waals surface area contributed by atoms with Crippen molar-refractivity contribution in [1.29, 1.82) is 5.53 Å². The average molecular weight is 479 g/mol. The zero-order chi connectivity index (χ0) is 24.4. The first-order chi connectivity index (χ1) is 17.0. The van der Waals surface area contributed by atoms with Crippen molar-refractivity contribution in [3.05, 3.63) is 46.3 Å². The van der Waals surface area contributed by atoms with Crippen LogP contribution in [0.1, 0.15) is 46.3 Å². The zero-order valence-electron chi connectivity index (χ0n) is 20.1. The lowest BCUT2D eigenvalue weighted by Crippen LogP contribution is -2.80. The van der Waals surface area contributed by atoms with Crippen LogP contribution in [-0.2, 0) is 22.6 Å². The molecule has 1 saturated carbocycles. The molecule has 0 bridgehead atoms. The van der Waals surface area contributed by atoms with Gasteiger partial charge >= 0.3 is 5.97 Å². The highest BCUT2D eigenvalue weighted by molar-refractivity contribution is 5.96. The number of nitrogens with one attached hydrogen (secondary N) is 1. The summed E-state index contributed by atoms with van der Waals surface area (Å²) in [7, 11) is 0. The summed E-state index contributed by atoms with van der Waals surface area (Å²) >= 11 is 0. The summed E-state index contributed by atoms with van der Waals surface area (Å²) in [6, 6.07) is 3.95. The van der Waals surface area contributed by atoms with Gasteiger partial charge in [-0.3, -0.25) is 15.0 Å². The number of piperazine rings is 1. The zero-order valence-corrected chi connectivity index (χ0v) is 20.1. The van der Waals surface area contributed by atoms with Gasteiger partial charge in [0.15, 0.2) is 0 Å². The van der Waals surface area contributed by atoms with Crippen LogP contribution in [0.3, 0.4) is 0 Å². The van der Waals surface area contributed by atoms with Gasteiger partial charge in [0.25, 0.3) is 0 Å². The monoisotopic (exact) mass is 478 g/mol. The van der Waals surface area contributed by atoms with Gasteiger partial charge in [-0.1, -0.05) is 11.2 Å². The summed E-state index contributed by atoms with van der Waals surface area (Å²) in [5.41, 5.74) is 12.0. The second-order valence-corrected chi connectivity index (χ2v) is 9.62. The van der Waals surface area contributed by atoms with E-state index in [0.29, 0.717) is 12.2 Å². The Bertz CT molecular complexity index is 1120. The van der Waals surface area contributed by atoms with Gasteiger partial charge in [0.05, 0.1) is 5.56 Å². The quantitative estimate of drug-likeness (QED) is 0.203. The van der Waals surface area contributed by atoms with Crippen molar-refractivity contribution in [2.24, 2.45) is 27.2 Å². The van der Waals surface area contributed by atoms with Crippen LogP contribution < -0.4 is 5.32 Å². The summed E-state index contributed by atoms with van der Waals surface area (Å²) in [6.45, 7) is 6.71. The van der Waals surface area contributed by atoms with E-state index in [1.807, 2.05) is 11.0 Å². The van der Waals surface area contributed by atoms with E-state index in [-0.39, 0.29) is 23.7 Å². The number of quaternary nitrogens is 1. The first-order valence-corrected chi connectivity index (χ1v) is 12.4. The lowest BCUT2D eigenvalue weighted by Gasteiger charge is -2.37. The smallest absolute Gasteiger partial charge is 0.338 e. The van der Waals surface area contributed by atoms with E-state index >= 15 is 0 Å². The molecule has 3 heterocycles. The normalized spacial score (nSPS) is 24.1. The molecular formula is C25H32N7O3+. The molecule has 1 aromatic rings. The molecule has 0 spiro atoms. The maximum absolute atomic E-state index is 13.3. The van der Waals surface area contributed by atoms with Crippen molar-refractivity contribution in [1.82, 2.24) is 9.80 Å². The van der Waals surface area contributed by atoms with Gasteiger partial charge in [0, 0.05) is 55.8 Å². The predicted molar refractivity (Wildman–Crippen MR) is 129 cm³/mol. The number of cyclic esters (lactones) is 1. The highest BCUT2D eigenvalue weighted by Crippen LogP contribution is 2.36. The minimum absolute atomic E-state index is 0.0222. The Labute approximate surface area is 204 Å². The number of fused-ring (bicyclic) bond motifs is 2. The molecule has 10 heteroatoms. The first-order valence-electron chi connectivity index (χ1n) is 12.4. The predicted octanol–water partition coefficient (Wildman–Crippen LogP) is 1.60. The maximum Gasteiger partial charge on any atom is 0.338 e. The van der Waals surface area contributed by atoms with E-state index in [2.05, 4.69) is 34.3 Å². The number of amides is 1. The van der Waals surface area contributed by atoms with Gasteiger partial charge in [-0.2, -0.15) is 5.53 Å². The van der Waals surface area contributed by atoms with Crippen LogP contribution in [0.15, 0.2) is 39.3 Å². The van der Waals surface area contributed by atoms with Crippen molar-refractivity contribution >= 4 is 23.9 Å². The Hall–Kier alpha value is -3.24. The molecule has 4 aliphatic rings. The lowest BCUT2D eigenvalue weighted by molar-refractivity contribution is -0.475. The lowest BCUT2D eigenvalue weighted by atomic mass is 9.89. The van der Waals surface area contributed by atoms with Gasteiger partial charge < -0.3 is 9.64 Å². The second kappa shape index (κ2) is 10.2. The minimum atomic E-state index is -0.217. The largest absolute Gasteiger partial charge is 0.457 e. The van der Waals surface area contributed by atoms with Crippen LogP contribution >= 0.6 is 0 Å². The van der Waals surface area contributed by atoms with Crippen molar-refractivity contribution < 1.29 is 19.6 Å². The van der Waals surface area contributed by atoms with Crippen LogP contribution in [0.2, 0.25) is 0 Å². The Morgan fingerprint density at radius 3 is 2.94 bits per heavy atom. The molecule has 1 saturated heterocycles. The Kier molecular flexibility index (Phi) is 6.83. The molecule has 2 atom stereocenters. The van der Waals surface area contributed by atoms with Crippen LogP contribution in [0.25, 0.3) is 0 Å². The number of ether oxygens (including phenoxy) is 1. The van der Waals surface area contributed by atoms with Crippen molar-refractivity contribution in [2.75, 3.05) is 32.7 Å². The molecule has 3 N–H and O–H groups in total. The molecule has 10 nitrogen and oxygen atoms in total. The van der Waals surface area contributed by atoms with Crippen LogP contribution in [0.5, 0.6) is 0 Å². The topological polar surface area (TPSA) is 127 Å². The SMILES string of the molecule is Cc1c(CCN2CCN(C(=O)C3CCC4=NC([NH2+]/C=N\N=N)=CCC43)CC2)ccc2c1COC2=O. The number of nitrogens with zero attached hydrogens (tertiary/aromatic N) is 5. The molecule has 5 rings (SSSR count). The fourth-order valence-electron chi connectivity index (χ4n) is 5.74.